The fourth-order valence-corrected chi connectivity index (χ4v) is 3.14. The first-order valence-corrected chi connectivity index (χ1v) is 6.21. The molecule has 0 saturated carbocycles. The van der Waals surface area contributed by atoms with Crippen molar-refractivity contribution in [3.8, 4) is 0 Å². The Bertz CT molecular complexity index is 225. The van der Waals surface area contributed by atoms with Crippen LogP contribution in [0.3, 0.4) is 0 Å². The fourth-order valence-electron chi connectivity index (χ4n) is 3.14. The summed E-state index contributed by atoms with van der Waals surface area (Å²) in [5, 5.41) is 9.99. The molecule has 2 aliphatic carbocycles. The highest BCUT2D eigenvalue weighted by atomic mass is 16.3. The zero-order chi connectivity index (χ0) is 9.97. The minimum absolute atomic E-state index is 0.0709. The molecule has 1 heteroatoms. The Morgan fingerprint density at radius 1 is 1.21 bits per heavy atom. The van der Waals surface area contributed by atoms with Crippen molar-refractivity contribution in [3.63, 3.8) is 0 Å². The summed E-state index contributed by atoms with van der Waals surface area (Å²) in [6.07, 6.45) is 10.0. The van der Waals surface area contributed by atoms with Gasteiger partial charge in [0.1, 0.15) is 0 Å². The van der Waals surface area contributed by atoms with Crippen LogP contribution in [0.2, 0.25) is 0 Å². The fraction of sp³-hybridized carbons (Fsp3) is 0.846. The van der Waals surface area contributed by atoms with Gasteiger partial charge in [-0.25, -0.2) is 0 Å². The second-order valence-corrected chi connectivity index (χ2v) is 4.81. The highest BCUT2D eigenvalue weighted by Crippen LogP contribution is 2.40. The summed E-state index contributed by atoms with van der Waals surface area (Å²) in [5.41, 5.74) is 3.36. The van der Waals surface area contributed by atoms with Crippen LogP contribution in [0.15, 0.2) is 11.1 Å². The molecule has 0 fully saturated rings. The third-order valence-corrected chi connectivity index (χ3v) is 3.95. The van der Waals surface area contributed by atoms with Gasteiger partial charge in [-0.1, -0.05) is 18.1 Å². The van der Waals surface area contributed by atoms with Crippen molar-refractivity contribution in [1.82, 2.24) is 0 Å². The van der Waals surface area contributed by atoms with E-state index in [0.717, 1.165) is 6.42 Å². The molecule has 2 unspecified atom stereocenters. The predicted octanol–water partition coefficient (Wildman–Crippen LogP) is 3.43. The number of aliphatic hydroxyl groups excluding tert-OH is 1. The van der Waals surface area contributed by atoms with Crippen LogP contribution >= 0.6 is 0 Å². The van der Waals surface area contributed by atoms with Gasteiger partial charge in [0.25, 0.3) is 0 Å². The van der Waals surface area contributed by atoms with Crippen LogP contribution in [0.1, 0.15) is 58.3 Å². The van der Waals surface area contributed by atoms with Crippen LogP contribution in [0.4, 0.5) is 0 Å². The molecule has 1 N–H and O–H groups in total. The number of rotatable bonds is 2. The quantitative estimate of drug-likeness (QED) is 0.668. The van der Waals surface area contributed by atoms with E-state index in [9.17, 15) is 5.11 Å². The number of aliphatic hydroxyl groups is 1. The average Bonchev–Trinajstić information content (AvgIpc) is 2.27. The molecule has 14 heavy (non-hydrogen) atoms. The Kier molecular flexibility index (Phi) is 3.27. The normalized spacial score (nSPS) is 30.0. The molecule has 0 aliphatic heterocycles. The molecule has 1 nitrogen and oxygen atoms in total. The summed E-state index contributed by atoms with van der Waals surface area (Å²) >= 11 is 0. The molecule has 0 spiro atoms. The molecule has 0 radical (unpaired) electrons. The van der Waals surface area contributed by atoms with Crippen molar-refractivity contribution in [3.05, 3.63) is 11.1 Å². The third kappa shape index (κ3) is 1.88. The first-order valence-electron chi connectivity index (χ1n) is 6.21. The lowest BCUT2D eigenvalue weighted by Gasteiger charge is -2.34. The van der Waals surface area contributed by atoms with Crippen LogP contribution in [-0.2, 0) is 0 Å². The lowest BCUT2D eigenvalue weighted by molar-refractivity contribution is 0.108. The molecule has 2 aliphatic rings. The molecular formula is C13H22O. The summed E-state index contributed by atoms with van der Waals surface area (Å²) in [5.74, 6) is 0.518. The van der Waals surface area contributed by atoms with E-state index >= 15 is 0 Å². The number of hydrogen-bond donors (Lipinski definition) is 1. The Balaban J connectivity index is 2.16. The van der Waals surface area contributed by atoms with E-state index in [4.69, 9.17) is 0 Å². The number of allylic oxidation sites excluding steroid dienone is 1. The van der Waals surface area contributed by atoms with E-state index in [1.807, 2.05) is 0 Å². The summed E-state index contributed by atoms with van der Waals surface area (Å²) in [4.78, 5) is 0. The van der Waals surface area contributed by atoms with Gasteiger partial charge in [0, 0.05) is 5.92 Å². The molecule has 0 aromatic carbocycles. The zero-order valence-corrected chi connectivity index (χ0v) is 9.26. The molecule has 0 saturated heterocycles. The molecule has 2 rings (SSSR count). The second kappa shape index (κ2) is 4.48. The Morgan fingerprint density at radius 2 is 1.93 bits per heavy atom. The lowest BCUT2D eigenvalue weighted by Crippen LogP contribution is -2.26. The van der Waals surface area contributed by atoms with Gasteiger partial charge in [-0.05, 0) is 51.4 Å². The minimum atomic E-state index is -0.0709. The Labute approximate surface area is 87.2 Å². The molecule has 2 atom stereocenters. The van der Waals surface area contributed by atoms with Gasteiger partial charge in [-0.2, -0.15) is 0 Å². The number of hydrogen-bond acceptors (Lipinski definition) is 1. The van der Waals surface area contributed by atoms with Gasteiger partial charge in [0.15, 0.2) is 0 Å². The van der Waals surface area contributed by atoms with Crippen LogP contribution in [0.25, 0.3) is 0 Å². The standard InChI is InChI=1S/C13H22O/c1-2-13(14)12-9-5-7-10-6-3-4-8-11(10)12/h12-14H,2-9H2,1H3. The molecule has 0 aromatic heterocycles. The highest BCUT2D eigenvalue weighted by molar-refractivity contribution is 5.23. The van der Waals surface area contributed by atoms with Crippen LogP contribution in [0, 0.1) is 5.92 Å². The van der Waals surface area contributed by atoms with Gasteiger partial charge in [-0.3, -0.25) is 0 Å². The summed E-state index contributed by atoms with van der Waals surface area (Å²) in [7, 11) is 0. The maximum absolute atomic E-state index is 9.99. The molecule has 80 valence electrons. The van der Waals surface area contributed by atoms with E-state index in [0.29, 0.717) is 5.92 Å². The highest BCUT2D eigenvalue weighted by Gasteiger charge is 2.28. The smallest absolute Gasteiger partial charge is 0.0602 e. The van der Waals surface area contributed by atoms with E-state index < -0.39 is 0 Å². The van der Waals surface area contributed by atoms with Crippen LogP contribution in [-0.4, -0.2) is 11.2 Å². The monoisotopic (exact) mass is 194 g/mol. The molecule has 0 heterocycles. The maximum Gasteiger partial charge on any atom is 0.0602 e. The van der Waals surface area contributed by atoms with Crippen LogP contribution in [0.5, 0.6) is 0 Å². The summed E-state index contributed by atoms with van der Waals surface area (Å²) < 4.78 is 0. The zero-order valence-electron chi connectivity index (χ0n) is 9.26. The topological polar surface area (TPSA) is 20.2 Å². The first-order chi connectivity index (χ1) is 6.83. The van der Waals surface area contributed by atoms with E-state index in [1.54, 1.807) is 11.1 Å². The molecule has 0 aromatic rings. The lowest BCUT2D eigenvalue weighted by atomic mass is 9.73. The van der Waals surface area contributed by atoms with Crippen molar-refractivity contribution in [2.75, 3.05) is 0 Å². The molecule has 0 amide bonds. The van der Waals surface area contributed by atoms with Crippen molar-refractivity contribution in [2.45, 2.75) is 64.4 Å². The van der Waals surface area contributed by atoms with E-state index in [1.165, 1.54) is 44.9 Å². The van der Waals surface area contributed by atoms with Crippen molar-refractivity contribution < 1.29 is 5.11 Å². The van der Waals surface area contributed by atoms with Gasteiger partial charge >= 0.3 is 0 Å². The van der Waals surface area contributed by atoms with Crippen molar-refractivity contribution in [1.29, 1.82) is 0 Å². The first kappa shape index (κ1) is 10.2. The van der Waals surface area contributed by atoms with Crippen molar-refractivity contribution in [2.24, 2.45) is 5.92 Å². The van der Waals surface area contributed by atoms with E-state index in [-0.39, 0.29) is 6.10 Å². The summed E-state index contributed by atoms with van der Waals surface area (Å²) in [6.45, 7) is 2.10. The van der Waals surface area contributed by atoms with Gasteiger partial charge in [-0.15, -0.1) is 0 Å². The Hall–Kier alpha value is -0.300. The SMILES string of the molecule is CCC(O)C1CCCC2=C1CCCC2. The van der Waals surface area contributed by atoms with E-state index in [2.05, 4.69) is 6.92 Å². The predicted molar refractivity (Wildman–Crippen MR) is 59.1 cm³/mol. The van der Waals surface area contributed by atoms with Gasteiger partial charge in [0.2, 0.25) is 0 Å². The van der Waals surface area contributed by atoms with Gasteiger partial charge in [0.05, 0.1) is 6.10 Å². The van der Waals surface area contributed by atoms with Crippen molar-refractivity contribution >= 4 is 0 Å². The minimum Gasteiger partial charge on any atom is -0.393 e. The largest absolute Gasteiger partial charge is 0.393 e. The molecular weight excluding hydrogens is 172 g/mol. The van der Waals surface area contributed by atoms with Crippen LogP contribution < -0.4 is 0 Å². The van der Waals surface area contributed by atoms with Gasteiger partial charge < -0.3 is 5.11 Å². The average molecular weight is 194 g/mol. The second-order valence-electron chi connectivity index (χ2n) is 4.81. The third-order valence-electron chi connectivity index (χ3n) is 3.95. The summed E-state index contributed by atoms with van der Waals surface area (Å²) in [6, 6.07) is 0. The maximum atomic E-state index is 9.99. The molecule has 0 bridgehead atoms. The Morgan fingerprint density at radius 3 is 2.71 bits per heavy atom.